The Bertz CT molecular complexity index is 1440. The lowest BCUT2D eigenvalue weighted by Crippen LogP contribution is -2.34. The Labute approximate surface area is 223 Å². The van der Waals surface area contributed by atoms with Gasteiger partial charge in [-0.05, 0) is 98.8 Å². The van der Waals surface area contributed by atoms with E-state index in [4.69, 9.17) is 16.6 Å². The first-order chi connectivity index (χ1) is 17.8. The number of piperidine rings is 1. The number of benzene rings is 3. The van der Waals surface area contributed by atoms with E-state index < -0.39 is 5.97 Å². The Balaban J connectivity index is 1.20. The van der Waals surface area contributed by atoms with Crippen LogP contribution in [0.15, 0.2) is 60.7 Å². The van der Waals surface area contributed by atoms with Gasteiger partial charge in [-0.15, -0.1) is 0 Å². The molecule has 5 rings (SSSR count). The number of carboxylic acid groups (broad SMARTS) is 1. The van der Waals surface area contributed by atoms with Crippen molar-refractivity contribution in [1.29, 1.82) is 0 Å². The summed E-state index contributed by atoms with van der Waals surface area (Å²) in [7, 11) is 4.04. The minimum absolute atomic E-state index is 0.292. The van der Waals surface area contributed by atoms with E-state index in [1.807, 2.05) is 17.7 Å². The zero-order valence-corrected chi connectivity index (χ0v) is 22.4. The number of hydrogen-bond donors (Lipinski definition) is 1. The fraction of sp³-hybridized carbons (Fsp3) is 0.333. The van der Waals surface area contributed by atoms with Gasteiger partial charge < -0.3 is 14.6 Å². The van der Waals surface area contributed by atoms with E-state index in [-0.39, 0.29) is 0 Å². The standard InChI is InChI=1S/C30H33ClN4O2/c1-20-7-10-27(25(31)15-20)33(2)24-6-4-5-22(17-24)16-21-11-13-35(14-12-21)19-29-32-26-9-8-23(30(36)37)18-28(26)34(29)3/h4-10,15,17-18,21H,11-14,16,19H2,1-3H3,(H,36,37). The maximum Gasteiger partial charge on any atom is 0.335 e. The number of aryl methyl sites for hydroxylation is 2. The maximum absolute atomic E-state index is 11.3. The second-order valence-corrected chi connectivity index (χ2v) is 10.6. The summed E-state index contributed by atoms with van der Waals surface area (Å²) < 4.78 is 2.02. The highest BCUT2D eigenvalue weighted by Crippen LogP contribution is 2.32. The number of imidazole rings is 1. The van der Waals surface area contributed by atoms with Crippen molar-refractivity contribution in [1.82, 2.24) is 14.5 Å². The predicted molar refractivity (Wildman–Crippen MR) is 150 cm³/mol. The Kier molecular flexibility index (Phi) is 7.22. The molecule has 1 aliphatic rings. The van der Waals surface area contributed by atoms with Crippen molar-refractivity contribution in [2.75, 3.05) is 25.0 Å². The molecule has 3 aromatic carbocycles. The van der Waals surface area contributed by atoms with Crippen LogP contribution in [0.2, 0.25) is 5.02 Å². The number of fused-ring (bicyclic) bond motifs is 1. The van der Waals surface area contributed by atoms with E-state index in [0.717, 1.165) is 77.7 Å². The molecular weight excluding hydrogens is 484 g/mol. The molecule has 1 fully saturated rings. The van der Waals surface area contributed by atoms with Gasteiger partial charge in [-0.2, -0.15) is 0 Å². The minimum Gasteiger partial charge on any atom is -0.478 e. The van der Waals surface area contributed by atoms with Crippen molar-refractivity contribution in [3.8, 4) is 0 Å². The fourth-order valence-corrected chi connectivity index (χ4v) is 5.67. The van der Waals surface area contributed by atoms with Crippen LogP contribution in [0.5, 0.6) is 0 Å². The van der Waals surface area contributed by atoms with Gasteiger partial charge in [0.05, 0.1) is 33.9 Å². The molecule has 0 amide bonds. The Morgan fingerprint density at radius 2 is 1.89 bits per heavy atom. The number of halogens is 1. The number of carboxylic acids is 1. The minimum atomic E-state index is -0.914. The third-order valence-corrected chi connectivity index (χ3v) is 7.88. The molecule has 2 heterocycles. The highest BCUT2D eigenvalue weighted by atomic mass is 35.5. The molecule has 1 saturated heterocycles. The molecular formula is C30H33ClN4O2. The van der Waals surface area contributed by atoms with Gasteiger partial charge in [-0.25, -0.2) is 9.78 Å². The number of aromatic nitrogens is 2. The van der Waals surface area contributed by atoms with Crippen LogP contribution in [-0.4, -0.2) is 45.7 Å². The molecule has 0 aliphatic carbocycles. The molecule has 0 unspecified atom stereocenters. The van der Waals surface area contributed by atoms with Gasteiger partial charge in [0.2, 0.25) is 0 Å². The summed E-state index contributed by atoms with van der Waals surface area (Å²) in [6.07, 6.45) is 3.37. The molecule has 0 atom stereocenters. The van der Waals surface area contributed by atoms with Crippen molar-refractivity contribution in [3.63, 3.8) is 0 Å². The first-order valence-corrected chi connectivity index (χ1v) is 13.2. The Hall–Kier alpha value is -3.35. The first-order valence-electron chi connectivity index (χ1n) is 12.8. The van der Waals surface area contributed by atoms with Gasteiger partial charge in [0.25, 0.3) is 0 Å². The largest absolute Gasteiger partial charge is 0.478 e. The second kappa shape index (κ2) is 10.6. The van der Waals surface area contributed by atoms with Crippen molar-refractivity contribution in [2.24, 2.45) is 13.0 Å². The molecule has 37 heavy (non-hydrogen) atoms. The predicted octanol–water partition coefficient (Wildman–Crippen LogP) is 6.46. The summed E-state index contributed by atoms with van der Waals surface area (Å²) >= 11 is 6.52. The van der Waals surface area contributed by atoms with Crippen molar-refractivity contribution in [2.45, 2.75) is 32.7 Å². The Morgan fingerprint density at radius 1 is 1.11 bits per heavy atom. The second-order valence-electron chi connectivity index (χ2n) is 10.2. The molecule has 1 aromatic heterocycles. The normalized spacial score (nSPS) is 14.8. The molecule has 0 bridgehead atoms. The summed E-state index contributed by atoms with van der Waals surface area (Å²) in [4.78, 5) is 20.7. The van der Waals surface area contributed by atoms with E-state index in [2.05, 4.69) is 60.2 Å². The topological polar surface area (TPSA) is 61.6 Å². The summed E-state index contributed by atoms with van der Waals surface area (Å²) in [5.41, 5.74) is 6.67. The lowest BCUT2D eigenvalue weighted by atomic mass is 9.90. The lowest BCUT2D eigenvalue weighted by Gasteiger charge is -2.32. The zero-order chi connectivity index (χ0) is 26.1. The quantitative estimate of drug-likeness (QED) is 0.305. The van der Waals surface area contributed by atoms with Crippen LogP contribution in [0.1, 0.15) is 40.2 Å². The average Bonchev–Trinajstić information content (AvgIpc) is 3.19. The fourth-order valence-electron chi connectivity index (χ4n) is 5.31. The number of hydrogen-bond acceptors (Lipinski definition) is 4. The van der Waals surface area contributed by atoms with Gasteiger partial charge in [0, 0.05) is 19.8 Å². The van der Waals surface area contributed by atoms with Crippen LogP contribution in [0, 0.1) is 12.8 Å². The first kappa shape index (κ1) is 25.3. The lowest BCUT2D eigenvalue weighted by molar-refractivity contribution is 0.0697. The van der Waals surface area contributed by atoms with Gasteiger partial charge in [-0.3, -0.25) is 4.90 Å². The summed E-state index contributed by atoms with van der Waals surface area (Å²) in [6, 6.07) is 20.1. The maximum atomic E-state index is 11.3. The van der Waals surface area contributed by atoms with E-state index in [9.17, 15) is 9.90 Å². The number of aromatic carboxylic acids is 1. The molecule has 1 aliphatic heterocycles. The van der Waals surface area contributed by atoms with Crippen LogP contribution >= 0.6 is 11.6 Å². The van der Waals surface area contributed by atoms with E-state index in [1.165, 1.54) is 5.56 Å². The Morgan fingerprint density at radius 3 is 2.62 bits per heavy atom. The highest BCUT2D eigenvalue weighted by molar-refractivity contribution is 6.33. The van der Waals surface area contributed by atoms with Crippen LogP contribution in [0.25, 0.3) is 11.0 Å². The molecule has 0 radical (unpaired) electrons. The summed E-state index contributed by atoms with van der Waals surface area (Å²) in [6.45, 7) is 4.90. The van der Waals surface area contributed by atoms with Crippen LogP contribution < -0.4 is 4.90 Å². The third-order valence-electron chi connectivity index (χ3n) is 7.58. The molecule has 0 saturated carbocycles. The molecule has 0 spiro atoms. The van der Waals surface area contributed by atoms with Crippen molar-refractivity contribution in [3.05, 3.63) is 88.2 Å². The molecule has 192 valence electrons. The van der Waals surface area contributed by atoms with Crippen LogP contribution in [0.4, 0.5) is 11.4 Å². The van der Waals surface area contributed by atoms with E-state index in [0.29, 0.717) is 11.5 Å². The smallest absolute Gasteiger partial charge is 0.335 e. The molecule has 1 N–H and O–H groups in total. The van der Waals surface area contributed by atoms with Gasteiger partial charge in [-0.1, -0.05) is 29.8 Å². The van der Waals surface area contributed by atoms with Gasteiger partial charge in [0.1, 0.15) is 5.82 Å². The number of carbonyl (C=O) groups is 1. The van der Waals surface area contributed by atoms with Gasteiger partial charge in [0.15, 0.2) is 0 Å². The average molecular weight is 517 g/mol. The van der Waals surface area contributed by atoms with E-state index in [1.54, 1.807) is 18.2 Å². The monoisotopic (exact) mass is 516 g/mol. The number of rotatable bonds is 7. The molecule has 4 aromatic rings. The SMILES string of the molecule is Cc1ccc(N(C)c2cccc(CC3CCN(Cc4nc5ccc(C(=O)O)cc5n4C)CC3)c2)c(Cl)c1. The van der Waals surface area contributed by atoms with Crippen molar-refractivity contribution < 1.29 is 9.90 Å². The van der Waals surface area contributed by atoms with Crippen molar-refractivity contribution >= 4 is 40.0 Å². The summed E-state index contributed by atoms with van der Waals surface area (Å²) in [5, 5.41) is 10.1. The molecule has 7 heteroatoms. The van der Waals surface area contributed by atoms with E-state index >= 15 is 0 Å². The van der Waals surface area contributed by atoms with Crippen LogP contribution in [0.3, 0.4) is 0 Å². The summed E-state index contributed by atoms with van der Waals surface area (Å²) in [5.74, 6) is 0.711. The third kappa shape index (κ3) is 5.50. The highest BCUT2D eigenvalue weighted by Gasteiger charge is 2.22. The number of likely N-dealkylation sites (tertiary alicyclic amines) is 1. The zero-order valence-electron chi connectivity index (χ0n) is 21.6. The van der Waals surface area contributed by atoms with Crippen LogP contribution in [-0.2, 0) is 20.0 Å². The number of nitrogens with zero attached hydrogens (tertiary/aromatic N) is 4. The molecule has 6 nitrogen and oxygen atoms in total. The number of anilines is 2. The van der Waals surface area contributed by atoms with Gasteiger partial charge >= 0.3 is 5.97 Å².